The van der Waals surface area contributed by atoms with Crippen molar-refractivity contribution < 1.29 is 22.7 Å². The highest BCUT2D eigenvalue weighted by Crippen LogP contribution is 2.28. The van der Waals surface area contributed by atoms with Crippen molar-refractivity contribution in [1.29, 1.82) is 0 Å². The molecular weight excluding hydrogens is 500 g/mol. The fourth-order valence-electron chi connectivity index (χ4n) is 3.17. The number of nitrogens with one attached hydrogen (secondary N) is 2. The molecule has 4 aromatic rings. The number of benzene rings is 4. The lowest BCUT2D eigenvalue weighted by Crippen LogP contribution is -2.20. The van der Waals surface area contributed by atoms with Gasteiger partial charge in [0.05, 0.1) is 9.92 Å². The second-order valence-electron chi connectivity index (χ2n) is 7.84. The second-order valence-corrected chi connectivity index (χ2v) is 9.93. The van der Waals surface area contributed by atoms with Crippen LogP contribution in [0, 0.1) is 6.92 Å². The molecule has 9 heteroatoms. The molecule has 0 aromatic heterocycles. The number of hydrogen-bond donors (Lipinski definition) is 2. The van der Waals surface area contributed by atoms with Crippen LogP contribution in [0.25, 0.3) is 0 Å². The minimum Gasteiger partial charge on any atom is -0.482 e. The molecule has 0 unspecified atom stereocenters. The Morgan fingerprint density at radius 3 is 2.14 bits per heavy atom. The van der Waals surface area contributed by atoms with Gasteiger partial charge in [-0.05, 0) is 73.7 Å². The number of ether oxygens (including phenoxy) is 2. The van der Waals surface area contributed by atoms with E-state index in [0.29, 0.717) is 22.9 Å². The van der Waals surface area contributed by atoms with E-state index in [2.05, 4.69) is 10.0 Å². The van der Waals surface area contributed by atoms with Gasteiger partial charge in [0.2, 0.25) is 0 Å². The van der Waals surface area contributed by atoms with Crippen molar-refractivity contribution in [3.05, 3.63) is 108 Å². The largest absolute Gasteiger partial charge is 0.482 e. The number of carbonyl (C=O) groups is 1. The highest BCUT2D eigenvalue weighted by Gasteiger charge is 2.17. The Morgan fingerprint density at radius 1 is 0.833 bits per heavy atom. The summed E-state index contributed by atoms with van der Waals surface area (Å²) >= 11 is 6.22. The molecule has 0 aliphatic rings. The van der Waals surface area contributed by atoms with Crippen LogP contribution in [-0.4, -0.2) is 20.9 Å². The van der Waals surface area contributed by atoms with Gasteiger partial charge in [-0.25, -0.2) is 8.42 Å². The second kappa shape index (κ2) is 11.2. The van der Waals surface area contributed by atoms with E-state index in [4.69, 9.17) is 21.1 Å². The average molecular weight is 523 g/mol. The van der Waals surface area contributed by atoms with Crippen LogP contribution in [0.4, 0.5) is 11.4 Å². The van der Waals surface area contributed by atoms with Crippen molar-refractivity contribution in [3.8, 4) is 17.2 Å². The van der Waals surface area contributed by atoms with Crippen molar-refractivity contribution in [1.82, 2.24) is 0 Å². The molecule has 0 spiro atoms. The number of amides is 1. The van der Waals surface area contributed by atoms with Crippen LogP contribution in [0.3, 0.4) is 0 Å². The van der Waals surface area contributed by atoms with E-state index in [1.807, 2.05) is 37.3 Å². The zero-order chi connectivity index (χ0) is 25.5. The average Bonchev–Trinajstić information content (AvgIpc) is 2.86. The number of aryl methyl sites for hydroxylation is 1. The summed E-state index contributed by atoms with van der Waals surface area (Å²) in [5.74, 6) is 1.13. The van der Waals surface area contributed by atoms with Crippen LogP contribution < -0.4 is 19.5 Å². The third-order valence-corrected chi connectivity index (χ3v) is 6.67. The van der Waals surface area contributed by atoms with Crippen LogP contribution in [0.5, 0.6) is 17.2 Å². The Bertz CT molecular complexity index is 1440. The molecule has 0 aliphatic heterocycles. The smallest absolute Gasteiger partial charge is 0.262 e. The van der Waals surface area contributed by atoms with Crippen molar-refractivity contribution in [3.63, 3.8) is 0 Å². The minimum absolute atomic E-state index is 0.0253. The minimum atomic E-state index is -3.84. The highest BCUT2D eigenvalue weighted by atomic mass is 35.5. The van der Waals surface area contributed by atoms with Gasteiger partial charge in [-0.3, -0.25) is 9.52 Å². The Balaban J connectivity index is 1.31. The first-order chi connectivity index (χ1) is 17.3. The summed E-state index contributed by atoms with van der Waals surface area (Å²) in [4.78, 5) is 12.3. The van der Waals surface area contributed by atoms with Gasteiger partial charge >= 0.3 is 0 Å². The molecule has 2 N–H and O–H groups in total. The molecule has 36 heavy (non-hydrogen) atoms. The van der Waals surface area contributed by atoms with Gasteiger partial charge in [-0.1, -0.05) is 47.5 Å². The summed E-state index contributed by atoms with van der Waals surface area (Å²) in [7, 11) is -3.84. The molecule has 184 valence electrons. The molecule has 4 aromatic carbocycles. The number of carbonyl (C=O) groups excluding carboxylic acids is 1. The molecular formula is C27H23ClN2O5S. The van der Waals surface area contributed by atoms with Crippen molar-refractivity contribution in [2.24, 2.45) is 0 Å². The summed E-state index contributed by atoms with van der Waals surface area (Å²) in [6, 6.07) is 27.3. The first kappa shape index (κ1) is 25.1. The van der Waals surface area contributed by atoms with E-state index in [1.165, 1.54) is 18.2 Å². The van der Waals surface area contributed by atoms with E-state index >= 15 is 0 Å². The summed E-state index contributed by atoms with van der Waals surface area (Å²) in [6.07, 6.45) is 0. The Morgan fingerprint density at radius 2 is 1.47 bits per heavy atom. The van der Waals surface area contributed by atoms with Crippen molar-refractivity contribution in [2.45, 2.75) is 11.8 Å². The van der Waals surface area contributed by atoms with Crippen LogP contribution in [0.15, 0.2) is 102 Å². The Labute approximate surface area is 214 Å². The lowest BCUT2D eigenvalue weighted by Gasteiger charge is -2.12. The maximum atomic E-state index is 12.7. The summed E-state index contributed by atoms with van der Waals surface area (Å²) < 4.78 is 39.0. The van der Waals surface area contributed by atoms with Gasteiger partial charge < -0.3 is 14.8 Å². The number of anilines is 2. The highest BCUT2D eigenvalue weighted by molar-refractivity contribution is 7.92. The van der Waals surface area contributed by atoms with Gasteiger partial charge in [0.1, 0.15) is 17.2 Å². The van der Waals surface area contributed by atoms with Crippen LogP contribution in [0.2, 0.25) is 5.02 Å². The Kier molecular flexibility index (Phi) is 7.77. The molecule has 0 aliphatic carbocycles. The van der Waals surface area contributed by atoms with Gasteiger partial charge in [0, 0.05) is 11.4 Å². The van der Waals surface area contributed by atoms with E-state index in [-0.39, 0.29) is 22.3 Å². The number of rotatable bonds is 9. The molecule has 0 atom stereocenters. The van der Waals surface area contributed by atoms with Gasteiger partial charge in [0.15, 0.2) is 6.61 Å². The normalized spacial score (nSPS) is 10.9. The third-order valence-electron chi connectivity index (χ3n) is 4.99. The first-order valence-corrected chi connectivity index (χ1v) is 12.8. The molecule has 0 bridgehead atoms. The SMILES string of the molecule is Cc1ccc(NS(=O)(=O)c2ccc(OCC(=O)Nc3ccc(Oc4ccccc4)cc3)c(Cl)c2)cc1. The van der Waals surface area contributed by atoms with Crippen LogP contribution in [0.1, 0.15) is 5.56 Å². The summed E-state index contributed by atoms with van der Waals surface area (Å²) in [5.41, 5.74) is 2.02. The predicted octanol–water partition coefficient (Wildman–Crippen LogP) is 6.26. The number of halogens is 1. The van der Waals surface area contributed by atoms with E-state index < -0.39 is 15.9 Å². The lowest BCUT2D eigenvalue weighted by atomic mass is 10.2. The molecule has 0 saturated carbocycles. The molecule has 1 amide bonds. The van der Waals surface area contributed by atoms with E-state index in [1.54, 1.807) is 48.5 Å². The molecule has 0 saturated heterocycles. The van der Waals surface area contributed by atoms with Crippen molar-refractivity contribution in [2.75, 3.05) is 16.6 Å². The molecule has 7 nitrogen and oxygen atoms in total. The zero-order valence-corrected chi connectivity index (χ0v) is 20.8. The maximum Gasteiger partial charge on any atom is 0.262 e. The summed E-state index contributed by atoms with van der Waals surface area (Å²) in [5, 5.41) is 2.79. The zero-order valence-electron chi connectivity index (χ0n) is 19.3. The van der Waals surface area contributed by atoms with E-state index in [9.17, 15) is 13.2 Å². The number of hydrogen-bond acceptors (Lipinski definition) is 5. The van der Waals surface area contributed by atoms with Crippen LogP contribution in [-0.2, 0) is 14.8 Å². The number of para-hydroxylation sites is 1. The molecule has 0 radical (unpaired) electrons. The quantitative estimate of drug-likeness (QED) is 0.270. The molecule has 0 fully saturated rings. The van der Waals surface area contributed by atoms with Gasteiger partial charge in [0.25, 0.3) is 15.9 Å². The van der Waals surface area contributed by atoms with Gasteiger partial charge in [-0.15, -0.1) is 0 Å². The fourth-order valence-corrected chi connectivity index (χ4v) is 4.56. The van der Waals surface area contributed by atoms with Crippen LogP contribution >= 0.6 is 11.6 Å². The third kappa shape index (κ3) is 6.78. The first-order valence-electron chi connectivity index (χ1n) is 10.9. The van der Waals surface area contributed by atoms with Gasteiger partial charge in [-0.2, -0.15) is 0 Å². The van der Waals surface area contributed by atoms with Crippen molar-refractivity contribution >= 4 is 38.9 Å². The number of sulfonamides is 1. The lowest BCUT2D eigenvalue weighted by molar-refractivity contribution is -0.118. The molecule has 0 heterocycles. The fraction of sp³-hybridized carbons (Fsp3) is 0.0741. The maximum absolute atomic E-state index is 12.7. The summed E-state index contributed by atoms with van der Waals surface area (Å²) in [6.45, 7) is 1.60. The topological polar surface area (TPSA) is 93.7 Å². The van der Waals surface area contributed by atoms with E-state index in [0.717, 1.165) is 5.56 Å². The molecule has 4 rings (SSSR count). The Hall–Kier alpha value is -4.01. The monoisotopic (exact) mass is 522 g/mol. The predicted molar refractivity (Wildman–Crippen MR) is 141 cm³/mol. The standard InChI is InChI=1S/C27H23ClN2O5S/c1-19-7-9-21(10-8-19)30-36(32,33)24-15-16-26(25(28)17-24)34-18-27(31)29-20-11-13-23(14-12-20)35-22-5-3-2-4-6-22/h2-17,30H,18H2,1H3,(H,29,31).